The fraction of sp³-hybridized carbons (Fsp3) is 0.0952. The number of hydrogen-bond acceptors (Lipinski definition) is 3. The minimum atomic E-state index is -1.07. The quantitative estimate of drug-likeness (QED) is 0.733. The molecule has 26 heavy (non-hydrogen) atoms. The van der Waals surface area contributed by atoms with Gasteiger partial charge in [-0.05, 0) is 28.5 Å². The predicted molar refractivity (Wildman–Crippen MR) is 95.9 cm³/mol. The van der Waals surface area contributed by atoms with E-state index >= 15 is 0 Å². The van der Waals surface area contributed by atoms with Crippen molar-refractivity contribution < 1.29 is 19.5 Å². The molecule has 0 saturated heterocycles. The lowest BCUT2D eigenvalue weighted by Crippen LogP contribution is -2.35. The third kappa shape index (κ3) is 2.45. The van der Waals surface area contributed by atoms with Gasteiger partial charge in [0.15, 0.2) is 0 Å². The van der Waals surface area contributed by atoms with Gasteiger partial charge in [0.2, 0.25) is 0 Å². The monoisotopic (exact) mass is 345 g/mol. The standard InChI is InChI=1S/C21H15NO4/c23-19(24)12-18(15-11-5-7-13-6-1-2-8-14(13)15)22-20(25)16-9-3-4-10-17(16)21(22)26/h1-11,18H,12H2,(H,23,24). The van der Waals surface area contributed by atoms with Crippen molar-refractivity contribution in [3.05, 3.63) is 83.4 Å². The number of benzene rings is 3. The largest absolute Gasteiger partial charge is 0.481 e. The van der Waals surface area contributed by atoms with Crippen LogP contribution in [0.2, 0.25) is 0 Å². The molecule has 3 aromatic carbocycles. The molecule has 1 unspecified atom stereocenters. The van der Waals surface area contributed by atoms with Gasteiger partial charge in [-0.25, -0.2) is 0 Å². The van der Waals surface area contributed by atoms with E-state index < -0.39 is 23.8 Å². The van der Waals surface area contributed by atoms with Crippen molar-refractivity contribution in [3.8, 4) is 0 Å². The highest BCUT2D eigenvalue weighted by Crippen LogP contribution is 2.36. The summed E-state index contributed by atoms with van der Waals surface area (Å²) in [6.07, 6.45) is -0.348. The maximum atomic E-state index is 12.9. The molecule has 0 saturated carbocycles. The summed E-state index contributed by atoms with van der Waals surface area (Å²) < 4.78 is 0. The van der Waals surface area contributed by atoms with Crippen molar-refractivity contribution in [1.29, 1.82) is 0 Å². The first-order chi connectivity index (χ1) is 12.6. The summed E-state index contributed by atoms with van der Waals surface area (Å²) in [5.41, 5.74) is 1.28. The molecule has 4 rings (SSSR count). The summed E-state index contributed by atoms with van der Waals surface area (Å²) in [6, 6.07) is 18.7. The van der Waals surface area contributed by atoms with Gasteiger partial charge < -0.3 is 5.11 Å². The lowest BCUT2D eigenvalue weighted by molar-refractivity contribution is -0.138. The highest BCUT2D eigenvalue weighted by molar-refractivity contribution is 6.21. The maximum Gasteiger partial charge on any atom is 0.305 e. The molecule has 2 amide bonds. The van der Waals surface area contributed by atoms with E-state index in [0.29, 0.717) is 16.7 Å². The van der Waals surface area contributed by atoms with Crippen LogP contribution in [-0.4, -0.2) is 27.8 Å². The van der Waals surface area contributed by atoms with Gasteiger partial charge in [0.25, 0.3) is 11.8 Å². The van der Waals surface area contributed by atoms with Crippen LogP contribution in [0.4, 0.5) is 0 Å². The molecule has 1 aliphatic rings. The molecule has 0 bridgehead atoms. The predicted octanol–water partition coefficient (Wildman–Crippen LogP) is 3.65. The summed E-state index contributed by atoms with van der Waals surface area (Å²) in [4.78, 5) is 38.3. The second-order valence-electron chi connectivity index (χ2n) is 6.21. The van der Waals surface area contributed by atoms with E-state index in [1.165, 1.54) is 0 Å². The summed E-state index contributed by atoms with van der Waals surface area (Å²) in [7, 11) is 0. The lowest BCUT2D eigenvalue weighted by Gasteiger charge is -2.26. The molecule has 1 aliphatic heterocycles. The average molecular weight is 345 g/mol. The number of nitrogens with zero attached hydrogens (tertiary/aromatic N) is 1. The van der Waals surface area contributed by atoms with Crippen LogP contribution in [0, 0.1) is 0 Å². The Balaban J connectivity index is 1.88. The van der Waals surface area contributed by atoms with E-state index in [1.54, 1.807) is 30.3 Å². The number of amides is 2. The van der Waals surface area contributed by atoms with Gasteiger partial charge in [0.1, 0.15) is 0 Å². The minimum Gasteiger partial charge on any atom is -0.481 e. The van der Waals surface area contributed by atoms with Gasteiger partial charge in [-0.15, -0.1) is 0 Å². The molecule has 0 aromatic heterocycles. The first-order valence-electron chi connectivity index (χ1n) is 8.24. The van der Waals surface area contributed by atoms with Crippen LogP contribution in [0.1, 0.15) is 38.7 Å². The van der Waals surface area contributed by atoms with Crippen LogP contribution in [0.25, 0.3) is 10.8 Å². The second kappa shape index (κ2) is 6.11. The Labute approximate surface area is 149 Å². The zero-order valence-corrected chi connectivity index (χ0v) is 13.8. The molecule has 0 radical (unpaired) electrons. The number of rotatable bonds is 4. The first kappa shape index (κ1) is 16.0. The van der Waals surface area contributed by atoms with Crippen LogP contribution in [-0.2, 0) is 4.79 Å². The fourth-order valence-electron chi connectivity index (χ4n) is 3.54. The van der Waals surface area contributed by atoms with Gasteiger partial charge >= 0.3 is 5.97 Å². The summed E-state index contributed by atoms with van der Waals surface area (Å²) in [5, 5.41) is 11.2. The van der Waals surface area contributed by atoms with Crippen molar-refractivity contribution in [2.75, 3.05) is 0 Å². The third-order valence-electron chi connectivity index (χ3n) is 4.69. The molecule has 1 atom stereocenters. The molecule has 5 heteroatoms. The molecule has 1 N–H and O–H groups in total. The fourth-order valence-corrected chi connectivity index (χ4v) is 3.54. The van der Waals surface area contributed by atoms with Crippen LogP contribution in [0.3, 0.4) is 0 Å². The second-order valence-corrected chi connectivity index (χ2v) is 6.21. The van der Waals surface area contributed by atoms with Crippen LogP contribution >= 0.6 is 0 Å². The number of carboxylic acids is 1. The summed E-state index contributed by atoms with van der Waals surface area (Å²) in [6.45, 7) is 0. The van der Waals surface area contributed by atoms with Crippen molar-refractivity contribution in [1.82, 2.24) is 4.90 Å². The Bertz CT molecular complexity index is 1020. The Hall–Kier alpha value is -3.47. The van der Waals surface area contributed by atoms with E-state index in [2.05, 4.69) is 0 Å². The van der Waals surface area contributed by atoms with Gasteiger partial charge in [-0.1, -0.05) is 54.6 Å². The van der Waals surface area contributed by atoms with Crippen molar-refractivity contribution in [2.45, 2.75) is 12.5 Å². The van der Waals surface area contributed by atoms with Crippen LogP contribution in [0.15, 0.2) is 66.7 Å². The van der Waals surface area contributed by atoms with Gasteiger partial charge in [0, 0.05) is 0 Å². The first-order valence-corrected chi connectivity index (χ1v) is 8.24. The van der Waals surface area contributed by atoms with Gasteiger partial charge in [0.05, 0.1) is 23.6 Å². The molecular weight excluding hydrogens is 330 g/mol. The Kier molecular flexibility index (Phi) is 3.77. The maximum absolute atomic E-state index is 12.9. The molecule has 1 heterocycles. The van der Waals surface area contributed by atoms with Crippen molar-refractivity contribution in [3.63, 3.8) is 0 Å². The van der Waals surface area contributed by atoms with E-state index in [-0.39, 0.29) is 6.42 Å². The Morgan fingerprint density at radius 1 is 0.846 bits per heavy atom. The van der Waals surface area contributed by atoms with Crippen molar-refractivity contribution in [2.24, 2.45) is 0 Å². The molecule has 128 valence electrons. The molecule has 5 nitrogen and oxygen atoms in total. The van der Waals surface area contributed by atoms with E-state index in [0.717, 1.165) is 15.7 Å². The van der Waals surface area contributed by atoms with E-state index in [9.17, 15) is 19.5 Å². The SMILES string of the molecule is O=C(O)CC(c1cccc2ccccc12)N1C(=O)c2ccccc2C1=O. The average Bonchev–Trinajstić information content (AvgIpc) is 2.90. The Morgan fingerprint density at radius 2 is 1.42 bits per heavy atom. The third-order valence-corrected chi connectivity index (χ3v) is 4.69. The normalized spacial score (nSPS) is 14.5. The molecular formula is C21H15NO4. The number of aliphatic carboxylic acids is 1. The highest BCUT2D eigenvalue weighted by atomic mass is 16.4. The summed E-state index contributed by atoms with van der Waals surface area (Å²) >= 11 is 0. The lowest BCUT2D eigenvalue weighted by atomic mass is 9.95. The van der Waals surface area contributed by atoms with E-state index in [4.69, 9.17) is 0 Å². The summed E-state index contributed by atoms with van der Waals surface area (Å²) in [5.74, 6) is -1.98. The molecule has 0 fully saturated rings. The minimum absolute atomic E-state index is 0.313. The van der Waals surface area contributed by atoms with Crippen LogP contribution < -0.4 is 0 Å². The van der Waals surface area contributed by atoms with Crippen molar-refractivity contribution >= 4 is 28.6 Å². The zero-order valence-electron chi connectivity index (χ0n) is 13.8. The number of fused-ring (bicyclic) bond motifs is 2. The van der Waals surface area contributed by atoms with Gasteiger partial charge in [-0.2, -0.15) is 0 Å². The molecule has 3 aromatic rings. The van der Waals surface area contributed by atoms with E-state index in [1.807, 2.05) is 36.4 Å². The van der Waals surface area contributed by atoms with Gasteiger partial charge in [-0.3, -0.25) is 19.3 Å². The molecule has 0 aliphatic carbocycles. The zero-order chi connectivity index (χ0) is 18.3. The number of hydrogen-bond donors (Lipinski definition) is 1. The van der Waals surface area contributed by atoms with Crippen LogP contribution in [0.5, 0.6) is 0 Å². The smallest absolute Gasteiger partial charge is 0.305 e. The molecule has 0 spiro atoms. The highest BCUT2D eigenvalue weighted by Gasteiger charge is 2.41. The number of carboxylic acid groups (broad SMARTS) is 1. The number of imide groups is 1. The topological polar surface area (TPSA) is 74.7 Å². The number of carbonyl (C=O) groups is 3. The number of carbonyl (C=O) groups excluding carboxylic acids is 2. The Morgan fingerprint density at radius 3 is 2.08 bits per heavy atom.